The van der Waals surface area contributed by atoms with Gasteiger partial charge in [-0.15, -0.1) is 0 Å². The fourth-order valence-electron chi connectivity index (χ4n) is 2.47. The summed E-state index contributed by atoms with van der Waals surface area (Å²) in [5, 5.41) is 3.46. The van der Waals surface area contributed by atoms with Crippen molar-refractivity contribution in [2.24, 2.45) is 11.8 Å². The van der Waals surface area contributed by atoms with Crippen molar-refractivity contribution in [1.29, 1.82) is 0 Å². The minimum atomic E-state index is 0.951. The summed E-state index contributed by atoms with van der Waals surface area (Å²) in [4.78, 5) is 0. The molecule has 1 fully saturated rings. The number of hydrogen-bond acceptors (Lipinski definition) is 1. The van der Waals surface area contributed by atoms with E-state index in [9.17, 15) is 0 Å². The smallest absolute Gasteiger partial charge is 0.00175 e. The normalized spacial score (nSPS) is 24.0. The molecule has 84 valence electrons. The molecular formula is C13H27N. The van der Waals surface area contributed by atoms with Gasteiger partial charge >= 0.3 is 0 Å². The Balaban J connectivity index is 1.94. The highest BCUT2D eigenvalue weighted by Gasteiger charge is 2.20. The van der Waals surface area contributed by atoms with Crippen molar-refractivity contribution in [3.05, 3.63) is 0 Å². The van der Waals surface area contributed by atoms with Crippen molar-refractivity contribution in [2.75, 3.05) is 13.1 Å². The van der Waals surface area contributed by atoms with Crippen molar-refractivity contribution >= 4 is 0 Å². The Bertz CT molecular complexity index is 127. The van der Waals surface area contributed by atoms with E-state index in [-0.39, 0.29) is 0 Å². The molecule has 1 heteroatoms. The molecule has 0 aromatic rings. The maximum absolute atomic E-state index is 3.46. The Morgan fingerprint density at radius 2 is 2.00 bits per heavy atom. The van der Waals surface area contributed by atoms with Gasteiger partial charge in [-0.25, -0.2) is 0 Å². The quantitative estimate of drug-likeness (QED) is 0.615. The van der Waals surface area contributed by atoms with Gasteiger partial charge < -0.3 is 5.32 Å². The van der Waals surface area contributed by atoms with Crippen molar-refractivity contribution < 1.29 is 0 Å². The zero-order valence-electron chi connectivity index (χ0n) is 10.0. The summed E-state index contributed by atoms with van der Waals surface area (Å²) in [7, 11) is 0. The third-order valence-corrected chi connectivity index (χ3v) is 3.67. The van der Waals surface area contributed by atoms with Crippen LogP contribution < -0.4 is 5.32 Å². The van der Waals surface area contributed by atoms with Gasteiger partial charge in [0.1, 0.15) is 0 Å². The highest BCUT2D eigenvalue weighted by Crippen LogP contribution is 2.23. The maximum atomic E-state index is 3.46. The summed E-state index contributed by atoms with van der Waals surface area (Å²) >= 11 is 0. The first-order chi connectivity index (χ1) is 6.84. The first kappa shape index (κ1) is 12.0. The fourth-order valence-corrected chi connectivity index (χ4v) is 2.47. The van der Waals surface area contributed by atoms with E-state index in [2.05, 4.69) is 19.2 Å². The Morgan fingerprint density at radius 3 is 2.64 bits per heavy atom. The minimum absolute atomic E-state index is 0.951. The van der Waals surface area contributed by atoms with Crippen molar-refractivity contribution in [1.82, 2.24) is 5.32 Å². The Morgan fingerprint density at radius 1 is 1.21 bits per heavy atom. The standard InChI is InChI=1S/C13H27N/c1-3-4-5-6-7-8-12(2)13-9-10-14-11-13/h12-14H,3-11H2,1-2H3. The highest BCUT2D eigenvalue weighted by molar-refractivity contribution is 4.75. The summed E-state index contributed by atoms with van der Waals surface area (Å²) in [6.45, 7) is 7.26. The molecule has 0 amide bonds. The first-order valence-electron chi connectivity index (χ1n) is 6.55. The Kier molecular flexibility index (Phi) is 6.25. The second-order valence-electron chi connectivity index (χ2n) is 4.93. The SMILES string of the molecule is CCCCCCCC(C)C1CCNC1. The van der Waals surface area contributed by atoms with Crippen LogP contribution in [0.3, 0.4) is 0 Å². The van der Waals surface area contributed by atoms with E-state index in [0.717, 1.165) is 11.8 Å². The molecule has 1 aliphatic heterocycles. The molecule has 1 heterocycles. The van der Waals surface area contributed by atoms with E-state index < -0.39 is 0 Å². The number of nitrogens with one attached hydrogen (secondary N) is 1. The lowest BCUT2D eigenvalue weighted by molar-refractivity contribution is 0.350. The number of rotatable bonds is 7. The van der Waals surface area contributed by atoms with Crippen LogP contribution in [0.15, 0.2) is 0 Å². The third-order valence-electron chi connectivity index (χ3n) is 3.67. The van der Waals surface area contributed by atoms with Gasteiger partial charge in [0, 0.05) is 0 Å². The van der Waals surface area contributed by atoms with Gasteiger partial charge in [0.15, 0.2) is 0 Å². The molecule has 0 aromatic heterocycles. The van der Waals surface area contributed by atoms with Crippen LogP contribution in [-0.2, 0) is 0 Å². The lowest BCUT2D eigenvalue weighted by Gasteiger charge is -2.17. The molecule has 0 bridgehead atoms. The van der Waals surface area contributed by atoms with E-state index in [0.29, 0.717) is 0 Å². The second kappa shape index (κ2) is 7.28. The average molecular weight is 197 g/mol. The molecule has 14 heavy (non-hydrogen) atoms. The van der Waals surface area contributed by atoms with Crippen LogP contribution in [0, 0.1) is 11.8 Å². The van der Waals surface area contributed by atoms with Gasteiger partial charge in [-0.3, -0.25) is 0 Å². The van der Waals surface area contributed by atoms with Crippen molar-refractivity contribution in [3.8, 4) is 0 Å². The van der Waals surface area contributed by atoms with E-state index in [1.165, 1.54) is 58.0 Å². The third kappa shape index (κ3) is 4.45. The first-order valence-corrected chi connectivity index (χ1v) is 6.55. The monoisotopic (exact) mass is 197 g/mol. The summed E-state index contributed by atoms with van der Waals surface area (Å²) in [5.74, 6) is 1.92. The average Bonchev–Trinajstić information content (AvgIpc) is 2.70. The molecular weight excluding hydrogens is 170 g/mol. The molecule has 0 saturated carbocycles. The highest BCUT2D eigenvalue weighted by atomic mass is 14.9. The minimum Gasteiger partial charge on any atom is -0.316 e. The van der Waals surface area contributed by atoms with Crippen molar-refractivity contribution in [3.63, 3.8) is 0 Å². The molecule has 0 radical (unpaired) electrons. The molecule has 2 atom stereocenters. The molecule has 1 nitrogen and oxygen atoms in total. The molecule has 1 rings (SSSR count). The molecule has 0 aromatic carbocycles. The van der Waals surface area contributed by atoms with Gasteiger partial charge in [-0.2, -0.15) is 0 Å². The molecule has 1 saturated heterocycles. The lowest BCUT2D eigenvalue weighted by Crippen LogP contribution is -2.15. The van der Waals surface area contributed by atoms with Crippen LogP contribution in [0.25, 0.3) is 0 Å². The van der Waals surface area contributed by atoms with Gasteiger partial charge in [-0.1, -0.05) is 52.4 Å². The molecule has 2 unspecified atom stereocenters. The van der Waals surface area contributed by atoms with Crippen LogP contribution >= 0.6 is 0 Å². The van der Waals surface area contributed by atoms with Gasteiger partial charge in [0.25, 0.3) is 0 Å². The van der Waals surface area contributed by atoms with Crippen LogP contribution in [0.2, 0.25) is 0 Å². The van der Waals surface area contributed by atoms with Crippen LogP contribution in [0.5, 0.6) is 0 Å². The molecule has 1 aliphatic rings. The van der Waals surface area contributed by atoms with E-state index in [1.54, 1.807) is 0 Å². The predicted octanol–water partition coefficient (Wildman–Crippen LogP) is 3.59. The fraction of sp³-hybridized carbons (Fsp3) is 1.00. The van der Waals surface area contributed by atoms with Crippen LogP contribution in [0.4, 0.5) is 0 Å². The largest absolute Gasteiger partial charge is 0.316 e. The van der Waals surface area contributed by atoms with Gasteiger partial charge in [0.05, 0.1) is 0 Å². The summed E-state index contributed by atoms with van der Waals surface area (Å²) in [6.07, 6.45) is 10.0. The van der Waals surface area contributed by atoms with E-state index >= 15 is 0 Å². The summed E-state index contributed by atoms with van der Waals surface area (Å²) in [6, 6.07) is 0. The van der Waals surface area contributed by atoms with Gasteiger partial charge in [0.2, 0.25) is 0 Å². The molecule has 0 spiro atoms. The predicted molar refractivity (Wildman–Crippen MR) is 63.5 cm³/mol. The maximum Gasteiger partial charge on any atom is -0.00175 e. The number of hydrogen-bond donors (Lipinski definition) is 1. The van der Waals surface area contributed by atoms with E-state index in [1.807, 2.05) is 0 Å². The molecule has 0 aliphatic carbocycles. The molecule has 1 N–H and O–H groups in total. The Labute approximate surface area is 89.7 Å². The van der Waals surface area contributed by atoms with Crippen molar-refractivity contribution in [2.45, 2.75) is 58.8 Å². The zero-order chi connectivity index (χ0) is 10.2. The zero-order valence-corrected chi connectivity index (χ0v) is 10.0. The summed E-state index contributed by atoms with van der Waals surface area (Å²) in [5.41, 5.74) is 0. The van der Waals surface area contributed by atoms with Gasteiger partial charge in [-0.05, 0) is 31.3 Å². The van der Waals surface area contributed by atoms with Crippen LogP contribution in [0.1, 0.15) is 58.8 Å². The Hall–Kier alpha value is -0.0400. The van der Waals surface area contributed by atoms with E-state index in [4.69, 9.17) is 0 Å². The number of unbranched alkanes of at least 4 members (excludes halogenated alkanes) is 4. The summed E-state index contributed by atoms with van der Waals surface area (Å²) < 4.78 is 0. The second-order valence-corrected chi connectivity index (χ2v) is 4.93. The lowest BCUT2D eigenvalue weighted by atomic mass is 9.88. The van der Waals surface area contributed by atoms with Crippen LogP contribution in [-0.4, -0.2) is 13.1 Å². The topological polar surface area (TPSA) is 12.0 Å².